The van der Waals surface area contributed by atoms with Gasteiger partial charge in [0.2, 0.25) is 5.88 Å². The highest BCUT2D eigenvalue weighted by atomic mass is 19.3. The highest BCUT2D eigenvalue weighted by Gasteiger charge is 2.36. The number of ether oxygens (including phenoxy) is 1. The van der Waals surface area contributed by atoms with Gasteiger partial charge in [-0.15, -0.1) is 0 Å². The molecule has 27 heavy (non-hydrogen) atoms. The molecular weight excluding hydrogens is 354 g/mol. The second-order valence-corrected chi connectivity index (χ2v) is 6.72. The molecule has 1 aromatic heterocycles. The first-order valence-corrected chi connectivity index (χ1v) is 8.63. The van der Waals surface area contributed by atoms with Crippen LogP contribution >= 0.6 is 0 Å². The summed E-state index contributed by atoms with van der Waals surface area (Å²) in [6, 6.07) is 0. The molecule has 3 heterocycles. The molecule has 1 aromatic rings. The van der Waals surface area contributed by atoms with Crippen molar-refractivity contribution in [3.05, 3.63) is 60.3 Å². The van der Waals surface area contributed by atoms with E-state index in [0.717, 1.165) is 11.1 Å². The van der Waals surface area contributed by atoms with E-state index in [1.807, 2.05) is 19.3 Å². The Balaban J connectivity index is 1.70. The van der Waals surface area contributed by atoms with Crippen molar-refractivity contribution in [2.24, 2.45) is 18.7 Å². The largest absolute Gasteiger partial charge is 0.477 e. The molecule has 0 radical (unpaired) electrons. The standard InChI is InChI=1S/C18H24F2N6O/c1-12(14-8-25-26(2)9-14)5-15-16(24-4-3-23-15)17(21)27-10-13-6-18(19,20)11-22-7-13/h3-5,8-9,13,22-24H,1,6-7,10-11,21H2,2H3/b15-5+,17-16-. The van der Waals surface area contributed by atoms with Gasteiger partial charge in [0.1, 0.15) is 5.70 Å². The first kappa shape index (κ1) is 19.0. The van der Waals surface area contributed by atoms with Crippen molar-refractivity contribution in [2.75, 3.05) is 19.7 Å². The average Bonchev–Trinajstić information content (AvgIpc) is 3.06. The fraction of sp³-hybridized carbons (Fsp3) is 0.389. The van der Waals surface area contributed by atoms with E-state index in [4.69, 9.17) is 10.5 Å². The van der Waals surface area contributed by atoms with Crippen LogP contribution in [0.25, 0.3) is 5.57 Å². The monoisotopic (exact) mass is 378 g/mol. The number of aryl methyl sites for hydroxylation is 1. The molecule has 1 saturated heterocycles. The van der Waals surface area contributed by atoms with Gasteiger partial charge in [-0.25, -0.2) is 8.78 Å². The summed E-state index contributed by atoms with van der Waals surface area (Å²) < 4.78 is 34.3. The maximum atomic E-state index is 13.5. The number of halogens is 2. The summed E-state index contributed by atoms with van der Waals surface area (Å²) in [4.78, 5) is 0. The van der Waals surface area contributed by atoms with Crippen LogP contribution < -0.4 is 21.7 Å². The summed E-state index contributed by atoms with van der Waals surface area (Å²) in [7, 11) is 1.83. The molecule has 0 amide bonds. The number of rotatable bonds is 5. The van der Waals surface area contributed by atoms with E-state index in [2.05, 4.69) is 27.6 Å². The molecule has 9 heteroatoms. The Labute approximate surface area is 156 Å². The van der Waals surface area contributed by atoms with Gasteiger partial charge in [-0.05, 0) is 11.6 Å². The minimum absolute atomic E-state index is 0.111. The fourth-order valence-electron chi connectivity index (χ4n) is 2.99. The lowest BCUT2D eigenvalue weighted by molar-refractivity contribution is -0.0498. The molecule has 146 valence electrons. The van der Waals surface area contributed by atoms with Gasteiger partial charge < -0.3 is 26.4 Å². The van der Waals surface area contributed by atoms with Gasteiger partial charge in [-0.1, -0.05) is 6.58 Å². The lowest BCUT2D eigenvalue weighted by Crippen LogP contribution is -2.45. The number of hydrogen-bond acceptors (Lipinski definition) is 6. The van der Waals surface area contributed by atoms with E-state index in [1.165, 1.54) is 0 Å². The molecule has 1 atom stereocenters. The average molecular weight is 378 g/mol. The third-order valence-corrected chi connectivity index (χ3v) is 4.34. The predicted octanol–water partition coefficient (Wildman–Crippen LogP) is 1.37. The highest BCUT2D eigenvalue weighted by Crippen LogP contribution is 2.27. The van der Waals surface area contributed by atoms with Crippen LogP contribution in [0.2, 0.25) is 0 Å². The van der Waals surface area contributed by atoms with Gasteiger partial charge in [-0.3, -0.25) is 4.68 Å². The second-order valence-electron chi connectivity index (χ2n) is 6.72. The van der Waals surface area contributed by atoms with Crippen molar-refractivity contribution < 1.29 is 13.5 Å². The van der Waals surface area contributed by atoms with E-state index in [1.54, 1.807) is 23.3 Å². The number of nitrogens with two attached hydrogens (primary N) is 1. The zero-order chi connectivity index (χ0) is 19.4. The SMILES string of the molecule is C=C(/C=C1/NC=CN/C1=C(/N)OCC1CNCC(F)(F)C1)c1cnn(C)c1. The second kappa shape index (κ2) is 7.83. The molecule has 5 N–H and O–H groups in total. The molecule has 3 rings (SSSR count). The highest BCUT2D eigenvalue weighted by molar-refractivity contribution is 5.73. The third-order valence-electron chi connectivity index (χ3n) is 4.34. The summed E-state index contributed by atoms with van der Waals surface area (Å²) in [5, 5.41) is 13.0. The summed E-state index contributed by atoms with van der Waals surface area (Å²) in [5.41, 5.74) is 8.87. The van der Waals surface area contributed by atoms with E-state index in [9.17, 15) is 8.78 Å². The zero-order valence-corrected chi connectivity index (χ0v) is 15.1. The van der Waals surface area contributed by atoms with E-state index >= 15 is 0 Å². The Morgan fingerprint density at radius 2 is 2.26 bits per heavy atom. The molecule has 7 nitrogen and oxygen atoms in total. The van der Waals surface area contributed by atoms with Crippen LogP contribution in [0.1, 0.15) is 12.0 Å². The molecule has 1 fully saturated rings. The Bertz CT molecular complexity index is 796. The van der Waals surface area contributed by atoms with Crippen molar-refractivity contribution in [2.45, 2.75) is 12.3 Å². The molecule has 0 bridgehead atoms. The Kier molecular flexibility index (Phi) is 5.50. The Hall–Kier alpha value is -2.81. The predicted molar refractivity (Wildman–Crippen MR) is 98.8 cm³/mol. The molecule has 0 spiro atoms. The van der Waals surface area contributed by atoms with Crippen LogP contribution in [0.3, 0.4) is 0 Å². The lowest BCUT2D eigenvalue weighted by atomic mass is 9.98. The van der Waals surface area contributed by atoms with Gasteiger partial charge in [0.15, 0.2) is 0 Å². The summed E-state index contributed by atoms with van der Waals surface area (Å²) >= 11 is 0. The smallest absolute Gasteiger partial charge is 0.260 e. The van der Waals surface area contributed by atoms with Crippen molar-refractivity contribution in [3.63, 3.8) is 0 Å². The van der Waals surface area contributed by atoms with Crippen molar-refractivity contribution in [3.8, 4) is 0 Å². The lowest BCUT2D eigenvalue weighted by Gasteiger charge is -2.30. The van der Waals surface area contributed by atoms with E-state index in [0.29, 0.717) is 17.9 Å². The summed E-state index contributed by atoms with van der Waals surface area (Å²) in [5.74, 6) is -2.89. The number of nitrogens with one attached hydrogen (secondary N) is 3. The van der Waals surface area contributed by atoms with Gasteiger partial charge in [-0.2, -0.15) is 5.10 Å². The van der Waals surface area contributed by atoms with Crippen LogP contribution in [0, 0.1) is 5.92 Å². The number of aromatic nitrogens is 2. The van der Waals surface area contributed by atoms with Gasteiger partial charge in [0.25, 0.3) is 5.92 Å². The Morgan fingerprint density at radius 3 is 2.96 bits per heavy atom. The van der Waals surface area contributed by atoms with Gasteiger partial charge in [0.05, 0.1) is 25.0 Å². The Morgan fingerprint density at radius 1 is 1.48 bits per heavy atom. The zero-order valence-electron chi connectivity index (χ0n) is 15.1. The molecule has 0 aliphatic carbocycles. The fourth-order valence-corrected chi connectivity index (χ4v) is 2.99. The van der Waals surface area contributed by atoms with Crippen molar-refractivity contribution in [1.29, 1.82) is 0 Å². The summed E-state index contributed by atoms with van der Waals surface area (Å²) in [6.07, 6.45) is 8.55. The number of nitrogens with zero attached hydrogens (tertiary/aromatic N) is 2. The normalized spacial score (nSPS) is 24.9. The van der Waals surface area contributed by atoms with Crippen LogP contribution in [0.15, 0.2) is 54.7 Å². The third kappa shape index (κ3) is 4.88. The quantitative estimate of drug-likeness (QED) is 0.579. The first-order chi connectivity index (χ1) is 12.8. The maximum Gasteiger partial charge on any atom is 0.260 e. The van der Waals surface area contributed by atoms with Crippen LogP contribution in [-0.4, -0.2) is 35.4 Å². The minimum atomic E-state index is -2.71. The van der Waals surface area contributed by atoms with Crippen LogP contribution in [0.4, 0.5) is 8.78 Å². The number of allylic oxidation sites excluding steroid dienone is 2. The molecule has 2 aliphatic rings. The molecular formula is C18H24F2N6O. The topological polar surface area (TPSA) is 89.2 Å². The first-order valence-electron chi connectivity index (χ1n) is 8.63. The van der Waals surface area contributed by atoms with Crippen LogP contribution in [0.5, 0.6) is 0 Å². The maximum absolute atomic E-state index is 13.5. The molecule has 2 aliphatic heterocycles. The van der Waals surface area contributed by atoms with E-state index in [-0.39, 0.29) is 31.4 Å². The summed E-state index contributed by atoms with van der Waals surface area (Å²) in [6.45, 7) is 4.34. The van der Waals surface area contributed by atoms with E-state index < -0.39 is 5.92 Å². The van der Waals surface area contributed by atoms with Gasteiger partial charge >= 0.3 is 0 Å². The van der Waals surface area contributed by atoms with Crippen molar-refractivity contribution in [1.82, 2.24) is 25.7 Å². The van der Waals surface area contributed by atoms with Crippen molar-refractivity contribution >= 4 is 5.57 Å². The number of piperidine rings is 1. The molecule has 0 aromatic carbocycles. The molecule has 0 saturated carbocycles. The van der Waals surface area contributed by atoms with Crippen LogP contribution in [-0.2, 0) is 11.8 Å². The number of alkyl halides is 2. The molecule has 1 unspecified atom stereocenters. The van der Waals surface area contributed by atoms with Gasteiger partial charge in [0, 0.05) is 50.1 Å². The minimum Gasteiger partial charge on any atom is -0.477 e. The number of hydrogen-bond donors (Lipinski definition) is 4.